The van der Waals surface area contributed by atoms with Gasteiger partial charge in [-0.3, -0.25) is 14.4 Å². The molecule has 3 rings (SSSR count). The predicted molar refractivity (Wildman–Crippen MR) is 124 cm³/mol. The molecule has 1 aromatic rings. The molecule has 0 heterocycles. The van der Waals surface area contributed by atoms with Crippen LogP contribution in [0.25, 0.3) is 0 Å². The summed E-state index contributed by atoms with van der Waals surface area (Å²) in [4.78, 5) is 48.9. The summed E-state index contributed by atoms with van der Waals surface area (Å²) in [6.07, 6.45) is -1.00. The van der Waals surface area contributed by atoms with Gasteiger partial charge in [-0.2, -0.15) is 0 Å². The van der Waals surface area contributed by atoms with Gasteiger partial charge in [0.2, 0.25) is 13.6 Å². The Kier molecular flexibility index (Phi) is 9.20. The molecular weight excluding hydrogens is 521 g/mol. The fourth-order valence-corrected chi connectivity index (χ4v) is 5.94. The Morgan fingerprint density at radius 1 is 1.08 bits per heavy atom. The van der Waals surface area contributed by atoms with Gasteiger partial charge in [-0.05, 0) is 18.2 Å². The van der Waals surface area contributed by atoms with Crippen molar-refractivity contribution in [2.24, 2.45) is 29.4 Å². The average molecular weight is 548 g/mol. The number of thioether (sulfide) groups is 1. The monoisotopic (exact) mass is 547 g/mol. The van der Waals surface area contributed by atoms with E-state index in [0.29, 0.717) is 4.90 Å². The Morgan fingerprint density at radius 2 is 1.69 bits per heavy atom. The fraction of sp³-hybridized carbons (Fsp3) is 0.565. The van der Waals surface area contributed by atoms with Crippen molar-refractivity contribution in [3.63, 3.8) is 0 Å². The molecule has 3 N–H and O–H groups in total. The summed E-state index contributed by atoms with van der Waals surface area (Å²) in [6, 6.07) is 4.09. The average Bonchev–Trinajstić information content (AvgIpc) is 3.57. The summed E-state index contributed by atoms with van der Waals surface area (Å²) in [5, 5.41) is 10.9. The highest BCUT2D eigenvalue weighted by Crippen LogP contribution is 2.64. The van der Waals surface area contributed by atoms with Gasteiger partial charge < -0.3 is 29.8 Å². The van der Waals surface area contributed by atoms with Crippen LogP contribution in [-0.4, -0.2) is 60.0 Å². The van der Waals surface area contributed by atoms with Crippen molar-refractivity contribution >= 4 is 47.2 Å². The van der Waals surface area contributed by atoms with E-state index in [4.69, 9.17) is 36.3 Å². The topological polar surface area (TPSA) is 151 Å². The Hall–Kier alpha value is -2.41. The Labute approximate surface area is 215 Å². The molecule has 10 nitrogen and oxygen atoms in total. The smallest absolute Gasteiger partial charge is 0.329 e. The molecule has 2 aliphatic carbocycles. The van der Waals surface area contributed by atoms with Crippen LogP contribution in [0.2, 0.25) is 5.02 Å². The maximum absolute atomic E-state index is 13.5. The molecule has 6 atom stereocenters. The molecule has 0 spiro atoms. The van der Waals surface area contributed by atoms with E-state index < -0.39 is 78.6 Å². The molecule has 0 saturated heterocycles. The number of aliphatic hydroxyl groups excluding tert-OH is 1. The molecule has 0 aliphatic heterocycles. The van der Waals surface area contributed by atoms with Gasteiger partial charge in [-0.1, -0.05) is 25.4 Å². The quantitative estimate of drug-likeness (QED) is 0.238. The van der Waals surface area contributed by atoms with Gasteiger partial charge in [0, 0.05) is 41.2 Å². The molecule has 2 aliphatic rings. The third kappa shape index (κ3) is 5.77. The highest BCUT2D eigenvalue weighted by Gasteiger charge is 2.78. The second kappa shape index (κ2) is 11.8. The molecule has 1 aromatic carbocycles. The van der Waals surface area contributed by atoms with Gasteiger partial charge in [0.05, 0.1) is 17.0 Å². The van der Waals surface area contributed by atoms with Gasteiger partial charge in [-0.25, -0.2) is 9.18 Å². The van der Waals surface area contributed by atoms with Crippen molar-refractivity contribution in [3.05, 3.63) is 29.0 Å². The highest BCUT2D eigenvalue weighted by molar-refractivity contribution is 7.99. The van der Waals surface area contributed by atoms with E-state index in [1.165, 1.54) is 30.0 Å². The lowest BCUT2D eigenvalue weighted by Crippen LogP contribution is -2.59. The largest absolute Gasteiger partial charge is 0.428 e. The van der Waals surface area contributed by atoms with Crippen molar-refractivity contribution in [1.82, 2.24) is 0 Å². The van der Waals surface area contributed by atoms with Gasteiger partial charge in [-0.15, -0.1) is 11.8 Å². The number of fused-ring (bicyclic) bond motifs is 1. The van der Waals surface area contributed by atoms with E-state index >= 15 is 0 Å². The minimum absolute atomic E-state index is 0.0742. The van der Waals surface area contributed by atoms with E-state index in [1.807, 2.05) is 0 Å². The first kappa shape index (κ1) is 28.2. The van der Waals surface area contributed by atoms with E-state index in [2.05, 4.69) is 0 Å². The molecule has 198 valence electrons. The molecule has 2 saturated carbocycles. The highest BCUT2D eigenvalue weighted by atomic mass is 35.5. The number of nitrogens with two attached hydrogens (primary N) is 1. The number of esters is 4. The van der Waals surface area contributed by atoms with Crippen LogP contribution in [0.15, 0.2) is 23.1 Å². The van der Waals surface area contributed by atoms with Crippen LogP contribution in [-0.2, 0) is 38.1 Å². The molecule has 0 unspecified atom stereocenters. The van der Waals surface area contributed by atoms with Crippen LogP contribution in [0.4, 0.5) is 4.39 Å². The number of aliphatic hydroxyl groups is 1. The van der Waals surface area contributed by atoms with Crippen LogP contribution >= 0.6 is 23.4 Å². The second-order valence-electron chi connectivity index (χ2n) is 8.42. The minimum Gasteiger partial charge on any atom is -0.428 e. The zero-order chi connectivity index (χ0) is 26.6. The predicted octanol–water partition coefficient (Wildman–Crippen LogP) is 2.03. The molecule has 0 amide bonds. The number of rotatable bonds is 11. The van der Waals surface area contributed by atoms with Crippen LogP contribution in [0, 0.1) is 29.5 Å². The molecular formula is C23H27ClFNO9S. The van der Waals surface area contributed by atoms with Gasteiger partial charge in [0.15, 0.2) is 0 Å². The maximum atomic E-state index is 13.5. The van der Waals surface area contributed by atoms with Crippen LogP contribution in [0.5, 0.6) is 0 Å². The van der Waals surface area contributed by atoms with Crippen LogP contribution in [0.3, 0.4) is 0 Å². The summed E-state index contributed by atoms with van der Waals surface area (Å²) in [7, 11) is 0. The number of hydrogen-bond acceptors (Lipinski definition) is 11. The number of ether oxygens (including phenoxy) is 4. The molecule has 2 fully saturated rings. The van der Waals surface area contributed by atoms with E-state index in [9.17, 15) is 28.7 Å². The summed E-state index contributed by atoms with van der Waals surface area (Å²) >= 11 is 7.02. The number of halogens is 2. The minimum atomic E-state index is -1.82. The zero-order valence-electron chi connectivity index (χ0n) is 19.6. The maximum Gasteiger partial charge on any atom is 0.329 e. The molecule has 0 radical (unpaired) electrons. The van der Waals surface area contributed by atoms with E-state index in [0.717, 1.165) is 0 Å². The first-order chi connectivity index (χ1) is 17.1. The van der Waals surface area contributed by atoms with Crippen molar-refractivity contribution in [1.29, 1.82) is 0 Å². The summed E-state index contributed by atoms with van der Waals surface area (Å²) in [6.45, 7) is 1.88. The lowest BCUT2D eigenvalue weighted by molar-refractivity contribution is -0.173. The Bertz CT molecular complexity index is 1030. The zero-order valence-corrected chi connectivity index (χ0v) is 21.2. The standard InChI is InChI=1S/C23H27ClFNO9S/c1-3-15(27)32-9-34-21(30)18-17-19(18)23(26,22(31)35-10-33-16(28)4-2)12(20(17)29)8-36-11-5-6-14(25)13(24)7-11/h5-7,12,17-20,29H,3-4,8-10,26H2,1-2H3/t12-,17+,18+,19+,20-,23+/m1/s1. The summed E-state index contributed by atoms with van der Waals surface area (Å²) in [5.74, 6) is -6.65. The Balaban J connectivity index is 1.74. The summed E-state index contributed by atoms with van der Waals surface area (Å²) in [5.41, 5.74) is 4.73. The van der Waals surface area contributed by atoms with Crippen molar-refractivity contribution in [2.45, 2.75) is 43.2 Å². The molecule has 0 aromatic heterocycles. The van der Waals surface area contributed by atoms with E-state index in [-0.39, 0.29) is 23.6 Å². The van der Waals surface area contributed by atoms with Crippen LogP contribution in [0.1, 0.15) is 26.7 Å². The number of benzene rings is 1. The first-order valence-corrected chi connectivity index (χ1v) is 12.6. The van der Waals surface area contributed by atoms with Crippen molar-refractivity contribution < 1.29 is 47.6 Å². The lowest BCUT2D eigenvalue weighted by atomic mass is 9.81. The van der Waals surface area contributed by atoms with E-state index in [1.54, 1.807) is 13.8 Å². The molecule has 13 heteroatoms. The number of carbonyl (C=O) groups is 4. The third-order valence-corrected chi connectivity index (χ3v) is 7.80. The SMILES string of the molecule is CCC(=O)OCOC(=O)[C@H]1[C@@H]2[C@H](O)[C@@H](CSc3ccc(F)c(Cl)c3)[C@@](N)(C(=O)OCOC(=O)CC)[C@H]12. The molecule has 0 bridgehead atoms. The summed E-state index contributed by atoms with van der Waals surface area (Å²) < 4.78 is 33.1. The third-order valence-electron chi connectivity index (χ3n) is 6.40. The van der Waals surface area contributed by atoms with Gasteiger partial charge in [0.25, 0.3) is 0 Å². The first-order valence-electron chi connectivity index (χ1n) is 11.3. The van der Waals surface area contributed by atoms with Gasteiger partial charge >= 0.3 is 23.9 Å². The normalized spacial score (nSPS) is 28.1. The van der Waals surface area contributed by atoms with Gasteiger partial charge in [0.1, 0.15) is 11.4 Å². The fourth-order valence-electron chi connectivity index (χ4n) is 4.48. The number of hydrogen-bond donors (Lipinski definition) is 2. The van der Waals surface area contributed by atoms with Crippen molar-refractivity contribution in [3.8, 4) is 0 Å². The molecule has 36 heavy (non-hydrogen) atoms. The van der Waals surface area contributed by atoms with Crippen LogP contribution < -0.4 is 5.73 Å². The number of carbonyl (C=O) groups excluding carboxylic acids is 4. The van der Waals surface area contributed by atoms with Crippen molar-refractivity contribution in [2.75, 3.05) is 19.3 Å². The lowest BCUT2D eigenvalue weighted by Gasteiger charge is -2.34. The Morgan fingerprint density at radius 3 is 2.28 bits per heavy atom. The second-order valence-corrected chi connectivity index (χ2v) is 9.92.